The van der Waals surface area contributed by atoms with Crippen molar-refractivity contribution >= 4 is 11.5 Å². The van der Waals surface area contributed by atoms with Crippen LogP contribution in [0.3, 0.4) is 0 Å². The molecule has 19 heavy (non-hydrogen) atoms. The molecule has 1 aliphatic rings. The molecular formula is C13H18N4O2. The van der Waals surface area contributed by atoms with E-state index in [1.54, 1.807) is 6.20 Å². The Kier molecular flexibility index (Phi) is 3.50. The molecule has 1 saturated heterocycles. The summed E-state index contributed by atoms with van der Waals surface area (Å²) >= 11 is 0. The zero-order valence-electron chi connectivity index (χ0n) is 11.0. The Morgan fingerprint density at radius 2 is 2.47 bits per heavy atom. The van der Waals surface area contributed by atoms with Crippen LogP contribution in [0.5, 0.6) is 5.88 Å². The van der Waals surface area contributed by atoms with Gasteiger partial charge in [0.2, 0.25) is 5.65 Å². The molecule has 3 rings (SSSR count). The largest absolute Gasteiger partial charge is 0.472 e. The average Bonchev–Trinajstić information content (AvgIpc) is 2.94. The van der Waals surface area contributed by atoms with Crippen molar-refractivity contribution in [2.45, 2.75) is 25.4 Å². The highest BCUT2D eigenvalue weighted by Crippen LogP contribution is 2.20. The first-order valence-corrected chi connectivity index (χ1v) is 6.62. The second kappa shape index (κ2) is 5.44. The second-order valence-corrected chi connectivity index (χ2v) is 4.64. The van der Waals surface area contributed by atoms with Crippen LogP contribution in [0.4, 0.5) is 5.82 Å². The number of hydrogen-bond donors (Lipinski definition) is 1. The van der Waals surface area contributed by atoms with Gasteiger partial charge in [0.05, 0.1) is 12.3 Å². The Morgan fingerprint density at radius 1 is 1.53 bits per heavy atom. The number of anilines is 1. The molecule has 0 radical (unpaired) electrons. The number of aromatic nitrogens is 3. The maximum Gasteiger partial charge on any atom is 0.260 e. The zero-order valence-corrected chi connectivity index (χ0v) is 11.0. The van der Waals surface area contributed by atoms with E-state index in [9.17, 15) is 0 Å². The van der Waals surface area contributed by atoms with Crippen LogP contribution in [0, 0.1) is 0 Å². The summed E-state index contributed by atoms with van der Waals surface area (Å²) in [5.41, 5.74) is 0.731. The Bertz CT molecular complexity index is 549. The molecule has 2 aromatic heterocycles. The molecule has 0 bridgehead atoms. The number of imidazole rings is 1. The summed E-state index contributed by atoms with van der Waals surface area (Å²) in [6, 6.07) is 0. The minimum absolute atomic E-state index is 0.170. The summed E-state index contributed by atoms with van der Waals surface area (Å²) in [6.07, 6.45) is 9.07. The lowest BCUT2D eigenvalue weighted by molar-refractivity contribution is -0.0117. The summed E-state index contributed by atoms with van der Waals surface area (Å²) in [4.78, 5) is 8.67. The van der Waals surface area contributed by atoms with E-state index >= 15 is 0 Å². The van der Waals surface area contributed by atoms with Gasteiger partial charge < -0.3 is 14.8 Å². The molecule has 6 nitrogen and oxygen atoms in total. The number of ether oxygens (including phenoxy) is 2. The average molecular weight is 262 g/mol. The smallest absolute Gasteiger partial charge is 0.260 e. The van der Waals surface area contributed by atoms with Gasteiger partial charge in [-0.2, -0.15) is 4.98 Å². The van der Waals surface area contributed by atoms with Gasteiger partial charge in [0, 0.05) is 26.0 Å². The van der Waals surface area contributed by atoms with Crippen molar-refractivity contribution in [2.75, 3.05) is 25.6 Å². The number of hydrogen-bond acceptors (Lipinski definition) is 5. The van der Waals surface area contributed by atoms with Crippen molar-refractivity contribution in [1.82, 2.24) is 14.4 Å². The van der Waals surface area contributed by atoms with Crippen LogP contribution < -0.4 is 10.1 Å². The molecule has 1 aliphatic heterocycles. The van der Waals surface area contributed by atoms with E-state index in [-0.39, 0.29) is 6.10 Å². The predicted molar refractivity (Wildman–Crippen MR) is 71.6 cm³/mol. The highest BCUT2D eigenvalue weighted by molar-refractivity contribution is 5.53. The van der Waals surface area contributed by atoms with E-state index in [2.05, 4.69) is 15.3 Å². The van der Waals surface area contributed by atoms with E-state index in [1.165, 1.54) is 6.42 Å². The molecule has 0 aliphatic carbocycles. The van der Waals surface area contributed by atoms with Crippen LogP contribution in [-0.2, 0) is 4.74 Å². The Labute approximate surface area is 111 Å². The molecule has 2 aromatic rings. The van der Waals surface area contributed by atoms with Crippen LogP contribution in [0.25, 0.3) is 5.65 Å². The summed E-state index contributed by atoms with van der Waals surface area (Å²) in [6.45, 7) is 1.36. The minimum atomic E-state index is 0.170. The molecule has 0 saturated carbocycles. The molecule has 0 aromatic carbocycles. The van der Waals surface area contributed by atoms with Gasteiger partial charge in [-0.25, -0.2) is 4.98 Å². The van der Waals surface area contributed by atoms with Gasteiger partial charge >= 0.3 is 0 Å². The SMILES string of the molecule is CNc1cn2ccnc2c(OCC2CCCCO2)n1. The Hall–Kier alpha value is -1.82. The highest BCUT2D eigenvalue weighted by atomic mass is 16.5. The minimum Gasteiger partial charge on any atom is -0.472 e. The van der Waals surface area contributed by atoms with Crippen molar-refractivity contribution in [1.29, 1.82) is 0 Å². The van der Waals surface area contributed by atoms with Crippen LogP contribution in [0.15, 0.2) is 18.6 Å². The van der Waals surface area contributed by atoms with Crippen LogP contribution in [0.1, 0.15) is 19.3 Å². The first-order valence-electron chi connectivity index (χ1n) is 6.62. The fraction of sp³-hybridized carbons (Fsp3) is 0.538. The maximum absolute atomic E-state index is 5.80. The molecule has 6 heteroatoms. The molecule has 1 N–H and O–H groups in total. The van der Waals surface area contributed by atoms with Gasteiger partial charge in [0.1, 0.15) is 12.4 Å². The summed E-state index contributed by atoms with van der Waals surface area (Å²) < 4.78 is 13.4. The van der Waals surface area contributed by atoms with Crippen molar-refractivity contribution < 1.29 is 9.47 Å². The number of nitrogens with zero attached hydrogens (tertiary/aromatic N) is 3. The lowest BCUT2D eigenvalue weighted by atomic mass is 10.1. The Balaban J connectivity index is 1.77. The van der Waals surface area contributed by atoms with Gasteiger partial charge in [-0.1, -0.05) is 0 Å². The van der Waals surface area contributed by atoms with Crippen LogP contribution in [-0.4, -0.2) is 40.7 Å². The monoisotopic (exact) mass is 262 g/mol. The van der Waals surface area contributed by atoms with Gasteiger partial charge in [0.15, 0.2) is 0 Å². The molecule has 0 amide bonds. The van der Waals surface area contributed by atoms with Gasteiger partial charge in [-0.3, -0.25) is 4.40 Å². The maximum atomic E-state index is 5.80. The number of fused-ring (bicyclic) bond motifs is 1. The van der Waals surface area contributed by atoms with Crippen molar-refractivity contribution in [3.05, 3.63) is 18.6 Å². The molecular weight excluding hydrogens is 244 g/mol. The normalized spacial score (nSPS) is 19.5. The summed E-state index contributed by atoms with van der Waals surface area (Å²) in [7, 11) is 1.83. The molecule has 0 spiro atoms. The standard InChI is InChI=1S/C13H18N4O2/c1-14-11-8-17-6-5-15-12(17)13(16-11)19-9-10-4-2-3-7-18-10/h5-6,8,10,14H,2-4,7,9H2,1H3. The van der Waals surface area contributed by atoms with Crippen LogP contribution >= 0.6 is 0 Å². The van der Waals surface area contributed by atoms with Crippen molar-refractivity contribution in [3.63, 3.8) is 0 Å². The lowest BCUT2D eigenvalue weighted by Crippen LogP contribution is -2.26. The van der Waals surface area contributed by atoms with E-state index in [0.29, 0.717) is 12.5 Å². The van der Waals surface area contributed by atoms with E-state index in [4.69, 9.17) is 9.47 Å². The van der Waals surface area contributed by atoms with E-state index in [1.807, 2.05) is 23.8 Å². The second-order valence-electron chi connectivity index (χ2n) is 4.64. The summed E-state index contributed by atoms with van der Waals surface area (Å²) in [5.74, 6) is 1.30. The summed E-state index contributed by atoms with van der Waals surface area (Å²) in [5, 5.41) is 3.02. The molecule has 1 atom stereocenters. The lowest BCUT2D eigenvalue weighted by Gasteiger charge is -2.22. The molecule has 102 valence electrons. The van der Waals surface area contributed by atoms with Gasteiger partial charge in [0.25, 0.3) is 5.88 Å². The molecule has 1 unspecified atom stereocenters. The zero-order chi connectivity index (χ0) is 13.1. The third-order valence-electron chi connectivity index (χ3n) is 3.28. The predicted octanol–water partition coefficient (Wildman–Crippen LogP) is 1.72. The highest BCUT2D eigenvalue weighted by Gasteiger charge is 2.16. The van der Waals surface area contributed by atoms with E-state index < -0.39 is 0 Å². The topological polar surface area (TPSA) is 60.7 Å². The van der Waals surface area contributed by atoms with Crippen molar-refractivity contribution in [2.24, 2.45) is 0 Å². The number of rotatable bonds is 4. The van der Waals surface area contributed by atoms with Gasteiger partial charge in [-0.15, -0.1) is 0 Å². The quantitative estimate of drug-likeness (QED) is 0.909. The first-order chi connectivity index (χ1) is 9.36. The fourth-order valence-electron chi connectivity index (χ4n) is 2.23. The van der Waals surface area contributed by atoms with Crippen LogP contribution in [0.2, 0.25) is 0 Å². The third-order valence-corrected chi connectivity index (χ3v) is 3.28. The van der Waals surface area contributed by atoms with Crippen molar-refractivity contribution in [3.8, 4) is 5.88 Å². The molecule has 1 fully saturated rings. The molecule has 3 heterocycles. The number of nitrogens with one attached hydrogen (secondary N) is 1. The Morgan fingerprint density at radius 3 is 3.26 bits per heavy atom. The first kappa shape index (κ1) is 12.2. The van der Waals surface area contributed by atoms with E-state index in [0.717, 1.165) is 30.9 Å². The fourth-order valence-corrected chi connectivity index (χ4v) is 2.23. The van der Waals surface area contributed by atoms with Gasteiger partial charge in [-0.05, 0) is 19.3 Å². The third kappa shape index (κ3) is 2.63.